The number of fused-ring (bicyclic) bond motifs is 2. The van der Waals surface area contributed by atoms with Gasteiger partial charge >= 0.3 is 5.97 Å². The van der Waals surface area contributed by atoms with Crippen molar-refractivity contribution >= 4 is 34.2 Å². The topological polar surface area (TPSA) is 62.7 Å². The fraction of sp³-hybridized carbons (Fsp3) is 0.400. The van der Waals surface area contributed by atoms with Crippen LogP contribution in [0, 0.1) is 11.3 Å². The van der Waals surface area contributed by atoms with Gasteiger partial charge in [0.15, 0.2) is 0 Å². The number of ether oxygens (including phenoxy) is 1. The minimum atomic E-state index is -0.871. The molecule has 0 bridgehead atoms. The second-order valence-corrected chi connectivity index (χ2v) is 10.4. The number of anilines is 1. The van der Waals surface area contributed by atoms with E-state index in [4.69, 9.17) is 9.72 Å². The van der Waals surface area contributed by atoms with Crippen LogP contribution >= 0.6 is 0 Å². The first-order valence-corrected chi connectivity index (χ1v) is 12.7. The van der Waals surface area contributed by atoms with E-state index in [0.29, 0.717) is 11.5 Å². The maximum atomic E-state index is 12.5. The summed E-state index contributed by atoms with van der Waals surface area (Å²) < 4.78 is 5.48. The quantitative estimate of drug-likeness (QED) is 0.473. The van der Waals surface area contributed by atoms with Crippen LogP contribution in [0.1, 0.15) is 60.8 Å². The van der Waals surface area contributed by atoms with Crippen molar-refractivity contribution in [1.82, 2.24) is 4.98 Å². The first-order valence-electron chi connectivity index (χ1n) is 12.7. The molecule has 1 N–H and O–H groups in total. The highest BCUT2D eigenvalue weighted by Gasteiger charge is 2.36. The van der Waals surface area contributed by atoms with Crippen molar-refractivity contribution in [1.29, 1.82) is 0 Å². The lowest BCUT2D eigenvalue weighted by Gasteiger charge is -2.38. The van der Waals surface area contributed by atoms with Gasteiger partial charge in [0.25, 0.3) is 0 Å². The van der Waals surface area contributed by atoms with Gasteiger partial charge in [-0.3, -0.25) is 0 Å². The average Bonchev–Trinajstić information content (AvgIpc) is 2.88. The maximum Gasteiger partial charge on any atom is 0.336 e. The molecule has 0 saturated carbocycles. The smallest absolute Gasteiger partial charge is 0.336 e. The van der Waals surface area contributed by atoms with Crippen LogP contribution in [0.25, 0.3) is 22.6 Å². The SMILES string of the molecule is CCC(C)(C)C1C/C(=C/c2ccc(N3CCOCC3)cc2)c2nc3ccccc3c(C(=O)O)c2C1. The molecular formula is C30H34N2O3. The second-order valence-electron chi connectivity index (χ2n) is 10.4. The summed E-state index contributed by atoms with van der Waals surface area (Å²) in [6.45, 7) is 10.2. The lowest BCUT2D eigenvalue weighted by atomic mass is 9.67. The van der Waals surface area contributed by atoms with E-state index in [-0.39, 0.29) is 5.41 Å². The van der Waals surface area contributed by atoms with Crippen molar-refractivity contribution in [3.05, 3.63) is 70.9 Å². The van der Waals surface area contributed by atoms with E-state index < -0.39 is 5.97 Å². The summed E-state index contributed by atoms with van der Waals surface area (Å²) in [7, 11) is 0. The summed E-state index contributed by atoms with van der Waals surface area (Å²) in [6, 6.07) is 16.3. The standard InChI is InChI=1S/C30H34N2O3/c1-4-30(2,3)22-18-21(17-20-9-11-23(12-10-20)32-13-15-35-16-14-32)28-25(19-22)27(29(33)34)24-7-5-6-8-26(24)31-28/h5-12,17,22H,4,13-16,18-19H2,1-3H3,(H,33,34)/b21-17-. The molecule has 1 atom stereocenters. The molecule has 2 heterocycles. The fourth-order valence-corrected chi connectivity index (χ4v) is 5.41. The zero-order chi connectivity index (χ0) is 24.6. The first kappa shape index (κ1) is 23.6. The van der Waals surface area contributed by atoms with E-state index in [9.17, 15) is 9.90 Å². The number of aromatic carboxylic acids is 1. The van der Waals surface area contributed by atoms with E-state index >= 15 is 0 Å². The predicted octanol–water partition coefficient (Wildman–Crippen LogP) is 6.31. The fourth-order valence-electron chi connectivity index (χ4n) is 5.41. The molecule has 5 rings (SSSR count). The van der Waals surface area contributed by atoms with Crippen molar-refractivity contribution in [2.75, 3.05) is 31.2 Å². The van der Waals surface area contributed by atoms with Crippen LogP contribution in [-0.4, -0.2) is 42.4 Å². The van der Waals surface area contributed by atoms with Gasteiger partial charge in [-0.05, 0) is 65.1 Å². The molecule has 5 heteroatoms. The molecule has 1 aliphatic heterocycles. The van der Waals surface area contributed by atoms with Crippen LogP contribution in [0.15, 0.2) is 48.5 Å². The predicted molar refractivity (Wildman–Crippen MR) is 142 cm³/mol. The van der Waals surface area contributed by atoms with Gasteiger partial charge in [-0.25, -0.2) is 9.78 Å². The van der Waals surface area contributed by atoms with E-state index in [0.717, 1.165) is 78.9 Å². The molecular weight excluding hydrogens is 436 g/mol. The Labute approximate surface area is 207 Å². The Hall–Kier alpha value is -3.18. The molecule has 1 aromatic heterocycles. The molecule has 0 spiro atoms. The summed E-state index contributed by atoms with van der Waals surface area (Å²) in [5.74, 6) is -0.524. The van der Waals surface area contributed by atoms with E-state index in [1.54, 1.807) is 0 Å². The third kappa shape index (κ3) is 4.57. The molecule has 1 aliphatic carbocycles. The van der Waals surface area contributed by atoms with Crippen LogP contribution in [0.5, 0.6) is 0 Å². The molecule has 2 aromatic carbocycles. The summed E-state index contributed by atoms with van der Waals surface area (Å²) in [6.07, 6.45) is 4.89. The number of morpholine rings is 1. The number of rotatable bonds is 5. The Balaban J connectivity index is 1.61. The van der Waals surface area contributed by atoms with E-state index in [1.165, 1.54) is 5.69 Å². The van der Waals surface area contributed by atoms with Crippen molar-refractivity contribution in [2.24, 2.45) is 11.3 Å². The number of para-hydroxylation sites is 1. The molecule has 0 amide bonds. The molecule has 35 heavy (non-hydrogen) atoms. The number of aromatic nitrogens is 1. The Morgan fingerprint density at radius 1 is 1.11 bits per heavy atom. The number of carboxylic acid groups (broad SMARTS) is 1. The van der Waals surface area contributed by atoms with Crippen molar-refractivity contribution in [3.63, 3.8) is 0 Å². The largest absolute Gasteiger partial charge is 0.478 e. The van der Waals surface area contributed by atoms with Gasteiger partial charge in [0.2, 0.25) is 0 Å². The van der Waals surface area contributed by atoms with Gasteiger partial charge in [0.05, 0.1) is 30.0 Å². The number of hydrogen-bond donors (Lipinski definition) is 1. The van der Waals surface area contributed by atoms with Crippen molar-refractivity contribution < 1.29 is 14.6 Å². The number of carbonyl (C=O) groups is 1. The second kappa shape index (κ2) is 9.46. The normalized spacial score (nSPS) is 19.7. The number of hydrogen-bond acceptors (Lipinski definition) is 4. The van der Waals surface area contributed by atoms with E-state index in [1.807, 2.05) is 24.3 Å². The molecule has 3 aromatic rings. The number of nitrogens with zero attached hydrogens (tertiary/aromatic N) is 2. The summed E-state index contributed by atoms with van der Waals surface area (Å²) in [5, 5.41) is 11.0. The highest BCUT2D eigenvalue weighted by molar-refractivity contribution is 6.06. The molecule has 0 radical (unpaired) electrons. The minimum absolute atomic E-state index is 0.0956. The van der Waals surface area contributed by atoms with Crippen LogP contribution in [0.3, 0.4) is 0 Å². The van der Waals surface area contributed by atoms with Gasteiger partial charge in [-0.2, -0.15) is 0 Å². The number of pyridine rings is 1. The maximum absolute atomic E-state index is 12.5. The van der Waals surface area contributed by atoms with Crippen molar-refractivity contribution in [2.45, 2.75) is 40.0 Å². The third-order valence-corrected chi connectivity index (χ3v) is 8.05. The summed E-state index contributed by atoms with van der Waals surface area (Å²) in [5.41, 5.74) is 6.43. The molecule has 182 valence electrons. The van der Waals surface area contributed by atoms with Crippen LogP contribution in [0.2, 0.25) is 0 Å². The summed E-state index contributed by atoms with van der Waals surface area (Å²) >= 11 is 0. The van der Waals surface area contributed by atoms with Gasteiger partial charge in [0.1, 0.15) is 0 Å². The van der Waals surface area contributed by atoms with E-state index in [2.05, 4.69) is 56.0 Å². The highest BCUT2D eigenvalue weighted by Crippen LogP contribution is 2.46. The number of benzene rings is 2. The lowest BCUT2D eigenvalue weighted by Crippen LogP contribution is -2.36. The minimum Gasteiger partial charge on any atom is -0.478 e. The molecule has 1 fully saturated rings. The van der Waals surface area contributed by atoms with Crippen LogP contribution < -0.4 is 4.90 Å². The zero-order valence-corrected chi connectivity index (χ0v) is 20.9. The number of carboxylic acids is 1. The first-order chi connectivity index (χ1) is 16.9. The van der Waals surface area contributed by atoms with Gasteiger partial charge in [-0.15, -0.1) is 0 Å². The third-order valence-electron chi connectivity index (χ3n) is 8.05. The molecule has 5 nitrogen and oxygen atoms in total. The van der Waals surface area contributed by atoms with Crippen LogP contribution in [0.4, 0.5) is 5.69 Å². The average molecular weight is 471 g/mol. The van der Waals surface area contributed by atoms with Crippen molar-refractivity contribution in [3.8, 4) is 0 Å². The molecule has 1 saturated heterocycles. The molecule has 2 aliphatic rings. The Morgan fingerprint density at radius 2 is 1.83 bits per heavy atom. The van der Waals surface area contributed by atoms with Gasteiger partial charge in [-0.1, -0.05) is 57.5 Å². The van der Waals surface area contributed by atoms with Crippen LogP contribution in [-0.2, 0) is 11.2 Å². The zero-order valence-electron chi connectivity index (χ0n) is 20.9. The number of allylic oxidation sites excluding steroid dienone is 1. The molecule has 1 unspecified atom stereocenters. The van der Waals surface area contributed by atoms with Gasteiger partial charge in [0, 0.05) is 24.2 Å². The Morgan fingerprint density at radius 3 is 2.51 bits per heavy atom. The summed E-state index contributed by atoms with van der Waals surface area (Å²) in [4.78, 5) is 19.9. The highest BCUT2D eigenvalue weighted by atomic mass is 16.5. The Kier molecular flexibility index (Phi) is 6.37. The Bertz CT molecular complexity index is 1270. The lowest BCUT2D eigenvalue weighted by molar-refractivity contribution is 0.0696. The monoisotopic (exact) mass is 470 g/mol. The van der Waals surface area contributed by atoms with Gasteiger partial charge < -0.3 is 14.7 Å².